The van der Waals surface area contributed by atoms with E-state index in [2.05, 4.69) is 21.0 Å². The maximum atomic E-state index is 14.7. The summed E-state index contributed by atoms with van der Waals surface area (Å²) in [7, 11) is 1.32. The molecule has 2 aromatic rings. The lowest BCUT2D eigenvalue weighted by atomic mass is 9.74. The number of benzene rings is 1. The number of hydrogen-bond donors (Lipinski definition) is 0. The van der Waals surface area contributed by atoms with E-state index in [0.717, 1.165) is 10.2 Å². The van der Waals surface area contributed by atoms with E-state index in [4.69, 9.17) is 9.47 Å². The first kappa shape index (κ1) is 27.6. The van der Waals surface area contributed by atoms with Gasteiger partial charge in [-0.15, -0.1) is 5.10 Å². The number of rotatable bonds is 12. The van der Waals surface area contributed by atoms with E-state index < -0.39 is 24.4 Å². The molecule has 0 saturated carbocycles. The van der Waals surface area contributed by atoms with Crippen LogP contribution >= 0.6 is 15.9 Å². The molecule has 7 nitrogen and oxygen atoms in total. The molecule has 0 saturated heterocycles. The number of ether oxygens (including phenoxy) is 2. The van der Waals surface area contributed by atoms with E-state index in [-0.39, 0.29) is 41.2 Å². The van der Waals surface area contributed by atoms with Crippen molar-refractivity contribution in [2.75, 3.05) is 19.0 Å². The summed E-state index contributed by atoms with van der Waals surface area (Å²) >= 11 is 3.17. The van der Waals surface area contributed by atoms with Crippen LogP contribution in [0.15, 0.2) is 36.5 Å². The van der Waals surface area contributed by atoms with Crippen LogP contribution in [0.3, 0.4) is 0 Å². The number of halogens is 3. The van der Waals surface area contributed by atoms with Crippen LogP contribution in [0.4, 0.5) is 8.78 Å². The van der Waals surface area contributed by atoms with Crippen LogP contribution in [0.1, 0.15) is 49.5 Å². The fraction of sp³-hybridized carbons (Fsp3) is 0.500. The monoisotopic (exact) mass is 542 g/mol. The molecule has 0 N–H and O–H groups in total. The van der Waals surface area contributed by atoms with Gasteiger partial charge in [0.2, 0.25) is 11.8 Å². The molecular formula is C24H29BrF2N2O5. The molecule has 1 aromatic carbocycles. The first-order valence-corrected chi connectivity index (χ1v) is 11.9. The molecular weight excluding hydrogens is 514 g/mol. The van der Waals surface area contributed by atoms with Gasteiger partial charge < -0.3 is 9.47 Å². The van der Waals surface area contributed by atoms with Crippen LogP contribution in [-0.4, -0.2) is 52.4 Å². The normalized spacial score (nSPS) is 14.2. The van der Waals surface area contributed by atoms with Crippen molar-refractivity contribution in [3.05, 3.63) is 47.7 Å². The highest BCUT2D eigenvalue weighted by molar-refractivity contribution is 9.09. The van der Waals surface area contributed by atoms with Gasteiger partial charge in [-0.1, -0.05) is 47.1 Å². The van der Waals surface area contributed by atoms with Crippen molar-refractivity contribution < 1.29 is 32.6 Å². The highest BCUT2D eigenvalue weighted by Crippen LogP contribution is 2.36. The number of methoxy groups -OCH3 is 1. The van der Waals surface area contributed by atoms with E-state index in [9.17, 15) is 23.2 Å². The van der Waals surface area contributed by atoms with Crippen molar-refractivity contribution in [1.29, 1.82) is 0 Å². The highest BCUT2D eigenvalue weighted by atomic mass is 79.9. The Morgan fingerprint density at radius 1 is 1.21 bits per heavy atom. The maximum Gasteiger partial charge on any atom is 0.308 e. The molecule has 2 atom stereocenters. The van der Waals surface area contributed by atoms with E-state index in [1.165, 1.54) is 26.3 Å². The number of nitrogens with zero attached hydrogens (tertiary/aromatic N) is 2. The molecule has 0 spiro atoms. The lowest BCUT2D eigenvalue weighted by molar-refractivity contribution is -0.144. The van der Waals surface area contributed by atoms with Gasteiger partial charge in [-0.25, -0.2) is 13.5 Å². The lowest BCUT2D eigenvalue weighted by Gasteiger charge is -2.30. The summed E-state index contributed by atoms with van der Waals surface area (Å²) in [5.41, 5.74) is 0.233. The second-order valence-electron chi connectivity index (χ2n) is 8.48. The predicted molar refractivity (Wildman–Crippen MR) is 126 cm³/mol. The Kier molecular flexibility index (Phi) is 9.49. The van der Waals surface area contributed by atoms with Crippen LogP contribution < -0.4 is 4.74 Å². The molecule has 0 radical (unpaired) electrons. The molecule has 2 rings (SSSR count). The second-order valence-corrected chi connectivity index (χ2v) is 9.04. The molecule has 0 aliphatic rings. The number of carbonyl (C=O) groups is 3. The van der Waals surface area contributed by atoms with Crippen LogP contribution in [0, 0.1) is 5.92 Å². The van der Waals surface area contributed by atoms with Crippen LogP contribution in [0.25, 0.3) is 0 Å². The number of aromatic nitrogens is 2. The summed E-state index contributed by atoms with van der Waals surface area (Å²) < 4.78 is 40.2. The van der Waals surface area contributed by atoms with Crippen molar-refractivity contribution in [3.8, 4) is 5.88 Å². The zero-order valence-corrected chi connectivity index (χ0v) is 21.2. The Balaban J connectivity index is 2.14. The number of carbonyl (C=O) groups excluding carboxylic acids is 3. The number of hydrogen-bond acceptors (Lipinski definition) is 6. The highest BCUT2D eigenvalue weighted by Gasteiger charge is 2.39. The topological polar surface area (TPSA) is 87.5 Å². The minimum absolute atomic E-state index is 0.0108. The van der Waals surface area contributed by atoms with Gasteiger partial charge in [0.25, 0.3) is 5.92 Å². The standard InChI is InChI=1S/C24H29BrF2N2O5/c1-16(22(32)33-4)12-18-6-5-7-19(13-18)23(3,20(31)14-25)9-10-24(26,27)15-34-21-8-11-29(28-21)17(2)30/h5-8,11,13,16H,9-10,12,14-15H2,1-4H3/t16-,23?/m0/s1. The van der Waals surface area contributed by atoms with Gasteiger partial charge in [0.15, 0.2) is 12.4 Å². The third-order valence-corrected chi connectivity index (χ3v) is 6.26. The molecule has 34 heavy (non-hydrogen) atoms. The zero-order valence-electron chi connectivity index (χ0n) is 19.6. The van der Waals surface area contributed by atoms with Gasteiger partial charge in [0, 0.05) is 25.6 Å². The van der Waals surface area contributed by atoms with Gasteiger partial charge in [0.1, 0.15) is 0 Å². The molecule has 1 aromatic heterocycles. The smallest absolute Gasteiger partial charge is 0.308 e. The molecule has 0 aliphatic heterocycles. The van der Waals surface area contributed by atoms with Gasteiger partial charge in [-0.3, -0.25) is 14.4 Å². The van der Waals surface area contributed by atoms with Crippen LogP contribution in [0.5, 0.6) is 5.88 Å². The minimum atomic E-state index is -3.23. The van der Waals surface area contributed by atoms with Gasteiger partial charge in [-0.2, -0.15) is 0 Å². The van der Waals surface area contributed by atoms with E-state index in [0.29, 0.717) is 12.0 Å². The Morgan fingerprint density at radius 3 is 2.50 bits per heavy atom. The van der Waals surface area contributed by atoms with E-state index >= 15 is 0 Å². The summed E-state index contributed by atoms with van der Waals surface area (Å²) in [5.74, 6) is -4.65. The Bertz CT molecular complexity index is 1030. The first-order valence-electron chi connectivity index (χ1n) is 10.8. The summed E-state index contributed by atoms with van der Waals surface area (Å²) in [6.45, 7) is 3.74. The molecule has 10 heteroatoms. The van der Waals surface area contributed by atoms with Gasteiger partial charge >= 0.3 is 5.97 Å². The van der Waals surface area contributed by atoms with Crippen LogP contribution in [0.2, 0.25) is 0 Å². The van der Waals surface area contributed by atoms with Crippen molar-refractivity contribution in [1.82, 2.24) is 9.78 Å². The quantitative estimate of drug-likeness (QED) is 0.287. The molecule has 0 bridgehead atoms. The van der Waals surface area contributed by atoms with Crippen molar-refractivity contribution in [2.24, 2.45) is 5.92 Å². The molecule has 1 heterocycles. The largest absolute Gasteiger partial charge is 0.470 e. The zero-order chi connectivity index (χ0) is 25.5. The Labute approximate surface area is 205 Å². The number of esters is 1. The SMILES string of the molecule is COC(=O)[C@@H](C)Cc1cccc(C(C)(CCC(F)(F)COc2ccn(C(C)=O)n2)C(=O)CBr)c1. The molecule has 0 aliphatic carbocycles. The summed E-state index contributed by atoms with van der Waals surface area (Å²) in [5, 5.41) is 3.79. The fourth-order valence-corrected chi connectivity index (χ4v) is 4.13. The summed E-state index contributed by atoms with van der Waals surface area (Å²) in [4.78, 5) is 35.9. The van der Waals surface area contributed by atoms with Gasteiger partial charge in [-0.05, 0) is 30.9 Å². The number of ketones is 1. The fourth-order valence-electron chi connectivity index (χ4n) is 3.52. The predicted octanol–water partition coefficient (Wildman–Crippen LogP) is 4.61. The first-order chi connectivity index (χ1) is 15.9. The van der Waals surface area contributed by atoms with E-state index in [1.54, 1.807) is 32.0 Å². The molecule has 186 valence electrons. The molecule has 0 amide bonds. The summed E-state index contributed by atoms with van der Waals surface area (Å²) in [6.07, 6.45) is 1.01. The molecule has 0 fully saturated rings. The number of alkyl halides is 3. The van der Waals surface area contributed by atoms with Gasteiger partial charge in [0.05, 0.1) is 23.8 Å². The van der Waals surface area contributed by atoms with Crippen molar-refractivity contribution in [3.63, 3.8) is 0 Å². The molecule has 1 unspecified atom stereocenters. The third-order valence-electron chi connectivity index (χ3n) is 5.76. The Hall–Kier alpha value is -2.62. The average Bonchev–Trinajstić information content (AvgIpc) is 3.30. The maximum absolute atomic E-state index is 14.7. The second kappa shape index (κ2) is 11.7. The van der Waals surface area contributed by atoms with Crippen LogP contribution in [-0.2, 0) is 26.2 Å². The summed E-state index contributed by atoms with van der Waals surface area (Å²) in [6, 6.07) is 8.42. The van der Waals surface area contributed by atoms with Crippen molar-refractivity contribution in [2.45, 2.75) is 51.4 Å². The van der Waals surface area contributed by atoms with E-state index in [1.807, 2.05) is 6.07 Å². The third kappa shape index (κ3) is 7.19. The number of Topliss-reactive ketones (excluding diaryl/α,β-unsaturated/α-hetero) is 1. The lowest BCUT2D eigenvalue weighted by Crippen LogP contribution is -2.37. The van der Waals surface area contributed by atoms with Crippen molar-refractivity contribution >= 4 is 33.6 Å². The minimum Gasteiger partial charge on any atom is -0.470 e. The Morgan fingerprint density at radius 2 is 1.91 bits per heavy atom. The average molecular weight is 543 g/mol.